The normalized spacial score (nSPS) is 11.7. The van der Waals surface area contributed by atoms with Crippen LogP contribution in [0.2, 0.25) is 5.02 Å². The summed E-state index contributed by atoms with van der Waals surface area (Å²) in [6.45, 7) is -0.0765. The molecule has 126 valence electrons. The van der Waals surface area contributed by atoms with Crippen molar-refractivity contribution in [3.05, 3.63) is 76.1 Å². The Morgan fingerprint density at radius 2 is 1.79 bits per heavy atom. The quantitative estimate of drug-likeness (QED) is 0.616. The number of alkyl halides is 3. The molecule has 0 bridgehead atoms. The van der Waals surface area contributed by atoms with E-state index in [1.807, 2.05) is 0 Å². The lowest BCUT2D eigenvalue weighted by molar-refractivity contribution is -0.137. The second kappa shape index (κ2) is 7.49. The van der Waals surface area contributed by atoms with E-state index in [4.69, 9.17) is 11.6 Å². The minimum Gasteiger partial charge on any atom is -0.348 e. The van der Waals surface area contributed by atoms with Crippen molar-refractivity contribution in [1.29, 1.82) is 0 Å². The van der Waals surface area contributed by atoms with Crippen molar-refractivity contribution in [3.63, 3.8) is 0 Å². The third-order valence-electron chi connectivity index (χ3n) is 3.10. The summed E-state index contributed by atoms with van der Waals surface area (Å²) in [5, 5.41) is 2.07. The third-order valence-corrected chi connectivity index (χ3v) is 3.43. The van der Waals surface area contributed by atoms with Crippen molar-refractivity contribution in [2.45, 2.75) is 12.7 Å². The van der Waals surface area contributed by atoms with E-state index in [-0.39, 0.29) is 17.9 Å². The van der Waals surface area contributed by atoms with Gasteiger partial charge in [0.15, 0.2) is 0 Å². The molecule has 0 heterocycles. The van der Waals surface area contributed by atoms with E-state index in [1.165, 1.54) is 42.5 Å². The molecule has 0 spiro atoms. The van der Waals surface area contributed by atoms with Crippen LogP contribution in [0, 0.1) is 5.82 Å². The van der Waals surface area contributed by atoms with Gasteiger partial charge in [-0.1, -0.05) is 29.8 Å². The molecule has 0 aliphatic carbocycles. The monoisotopic (exact) mass is 357 g/mol. The smallest absolute Gasteiger partial charge is 0.348 e. The van der Waals surface area contributed by atoms with Gasteiger partial charge in [0.05, 0.1) is 10.6 Å². The van der Waals surface area contributed by atoms with Crippen LogP contribution < -0.4 is 5.32 Å². The highest BCUT2D eigenvalue weighted by molar-refractivity contribution is 6.31. The molecule has 7 heteroatoms. The molecule has 0 saturated heterocycles. The number of carbonyl (C=O) groups is 1. The van der Waals surface area contributed by atoms with Crippen molar-refractivity contribution in [2.24, 2.45) is 0 Å². The maximum absolute atomic E-state index is 12.8. The number of nitrogens with one attached hydrogen (secondary N) is 1. The van der Waals surface area contributed by atoms with Gasteiger partial charge in [-0.3, -0.25) is 4.79 Å². The Kier molecular flexibility index (Phi) is 5.62. The van der Waals surface area contributed by atoms with Crippen LogP contribution in [-0.4, -0.2) is 5.91 Å². The molecule has 0 aliphatic rings. The zero-order valence-corrected chi connectivity index (χ0v) is 13.0. The molecular formula is C17H12ClF4NO. The molecule has 2 aromatic rings. The maximum Gasteiger partial charge on any atom is 0.417 e. The fourth-order valence-corrected chi connectivity index (χ4v) is 2.12. The highest BCUT2D eigenvalue weighted by Crippen LogP contribution is 2.35. The number of hydrogen-bond acceptors (Lipinski definition) is 1. The van der Waals surface area contributed by atoms with Gasteiger partial charge in [-0.05, 0) is 41.5 Å². The maximum atomic E-state index is 12.8. The Hall–Kier alpha value is -2.34. The molecule has 0 unspecified atom stereocenters. The van der Waals surface area contributed by atoms with Gasteiger partial charge in [0.2, 0.25) is 5.91 Å². The molecule has 0 saturated carbocycles. The van der Waals surface area contributed by atoms with E-state index in [1.54, 1.807) is 0 Å². The van der Waals surface area contributed by atoms with Crippen molar-refractivity contribution >= 4 is 23.6 Å². The van der Waals surface area contributed by atoms with Gasteiger partial charge >= 0.3 is 6.18 Å². The fraction of sp³-hybridized carbons (Fsp3) is 0.118. The molecule has 2 rings (SSSR count). The zero-order valence-electron chi connectivity index (χ0n) is 12.2. The van der Waals surface area contributed by atoms with E-state index in [9.17, 15) is 22.4 Å². The Labute approximate surface area is 140 Å². The van der Waals surface area contributed by atoms with Gasteiger partial charge < -0.3 is 5.32 Å². The third kappa shape index (κ3) is 5.09. The predicted molar refractivity (Wildman–Crippen MR) is 83.7 cm³/mol. The SMILES string of the molecule is O=C(/C=C/c1ccc(F)cc1)NCc1ccc(Cl)c(C(F)(F)F)c1. The van der Waals surface area contributed by atoms with E-state index in [2.05, 4.69) is 5.32 Å². The fourth-order valence-electron chi connectivity index (χ4n) is 1.89. The second-order valence-electron chi connectivity index (χ2n) is 4.91. The van der Waals surface area contributed by atoms with Crippen LogP contribution >= 0.6 is 11.6 Å². The molecule has 0 radical (unpaired) electrons. The van der Waals surface area contributed by atoms with E-state index < -0.39 is 22.7 Å². The highest BCUT2D eigenvalue weighted by atomic mass is 35.5. The average molecular weight is 358 g/mol. The molecular weight excluding hydrogens is 346 g/mol. The van der Waals surface area contributed by atoms with Crippen LogP contribution in [0.4, 0.5) is 17.6 Å². The minimum atomic E-state index is -4.56. The minimum absolute atomic E-state index is 0.0765. The van der Waals surface area contributed by atoms with Crippen LogP contribution in [-0.2, 0) is 17.5 Å². The Morgan fingerprint density at radius 1 is 1.12 bits per heavy atom. The molecule has 0 aromatic heterocycles. The summed E-state index contributed by atoms with van der Waals surface area (Å²) in [5.41, 5.74) is -0.0505. The first kappa shape index (κ1) is 18.0. The largest absolute Gasteiger partial charge is 0.417 e. The topological polar surface area (TPSA) is 29.1 Å². The predicted octanol–water partition coefficient (Wildman–Crippen LogP) is 4.83. The summed E-state index contributed by atoms with van der Waals surface area (Å²) in [4.78, 5) is 11.7. The Bertz CT molecular complexity index is 754. The van der Waals surface area contributed by atoms with E-state index in [0.29, 0.717) is 5.56 Å². The molecule has 1 N–H and O–H groups in total. The zero-order chi connectivity index (χ0) is 17.7. The summed E-state index contributed by atoms with van der Waals surface area (Å²) in [7, 11) is 0. The molecule has 0 atom stereocenters. The first-order valence-electron chi connectivity index (χ1n) is 6.83. The summed E-state index contributed by atoms with van der Waals surface area (Å²) in [5.74, 6) is -0.873. The number of benzene rings is 2. The Morgan fingerprint density at radius 3 is 2.42 bits per heavy atom. The summed E-state index contributed by atoms with van der Waals surface area (Å²) in [6, 6.07) is 8.93. The molecule has 1 amide bonds. The molecule has 0 fully saturated rings. The van der Waals surface area contributed by atoms with Crippen molar-refractivity contribution < 1.29 is 22.4 Å². The van der Waals surface area contributed by atoms with Gasteiger partial charge in [-0.15, -0.1) is 0 Å². The van der Waals surface area contributed by atoms with Gasteiger partial charge in [0.1, 0.15) is 5.82 Å². The van der Waals surface area contributed by atoms with Crippen LogP contribution in [0.5, 0.6) is 0 Å². The van der Waals surface area contributed by atoms with Crippen molar-refractivity contribution in [2.75, 3.05) is 0 Å². The van der Waals surface area contributed by atoms with Gasteiger partial charge in [0.25, 0.3) is 0 Å². The number of halogens is 5. The molecule has 24 heavy (non-hydrogen) atoms. The number of hydrogen-bond donors (Lipinski definition) is 1. The Balaban J connectivity index is 1.98. The molecule has 2 nitrogen and oxygen atoms in total. The van der Waals surface area contributed by atoms with Crippen LogP contribution in [0.25, 0.3) is 6.08 Å². The van der Waals surface area contributed by atoms with Gasteiger partial charge in [-0.25, -0.2) is 4.39 Å². The van der Waals surface area contributed by atoms with Gasteiger partial charge in [0, 0.05) is 12.6 Å². The summed E-state index contributed by atoms with van der Waals surface area (Å²) < 4.78 is 51.0. The summed E-state index contributed by atoms with van der Waals surface area (Å²) >= 11 is 5.53. The number of carbonyl (C=O) groups excluding carboxylic acids is 1. The van der Waals surface area contributed by atoms with Gasteiger partial charge in [-0.2, -0.15) is 13.2 Å². The first-order valence-corrected chi connectivity index (χ1v) is 7.20. The first-order chi connectivity index (χ1) is 11.3. The summed E-state index contributed by atoms with van der Waals surface area (Å²) in [6.07, 6.45) is -1.87. The van der Waals surface area contributed by atoms with E-state index >= 15 is 0 Å². The van der Waals surface area contributed by atoms with Crippen LogP contribution in [0.1, 0.15) is 16.7 Å². The lowest BCUT2D eigenvalue weighted by Crippen LogP contribution is -2.20. The average Bonchev–Trinajstić information content (AvgIpc) is 2.52. The molecule has 2 aromatic carbocycles. The lowest BCUT2D eigenvalue weighted by atomic mass is 10.1. The second-order valence-corrected chi connectivity index (χ2v) is 5.32. The van der Waals surface area contributed by atoms with Crippen LogP contribution in [0.15, 0.2) is 48.5 Å². The van der Waals surface area contributed by atoms with Crippen molar-refractivity contribution in [1.82, 2.24) is 5.32 Å². The lowest BCUT2D eigenvalue weighted by Gasteiger charge is -2.11. The number of rotatable bonds is 4. The standard InChI is InChI=1S/C17H12ClF4NO/c18-15-7-3-12(9-14(15)17(20,21)22)10-23-16(24)8-4-11-1-5-13(19)6-2-11/h1-9H,10H2,(H,23,24)/b8-4+. The number of amides is 1. The van der Waals surface area contributed by atoms with Crippen molar-refractivity contribution in [3.8, 4) is 0 Å². The van der Waals surface area contributed by atoms with Crippen LogP contribution in [0.3, 0.4) is 0 Å². The van der Waals surface area contributed by atoms with E-state index in [0.717, 1.165) is 12.1 Å². The highest BCUT2D eigenvalue weighted by Gasteiger charge is 2.33. The molecule has 0 aliphatic heterocycles.